The number of amides is 1. The maximum Gasteiger partial charge on any atom is 0.254 e. The minimum atomic E-state index is -0.172. The third-order valence-corrected chi connectivity index (χ3v) is 4.83. The summed E-state index contributed by atoms with van der Waals surface area (Å²) in [7, 11) is 0. The summed E-state index contributed by atoms with van der Waals surface area (Å²) < 4.78 is 6.00. The highest BCUT2D eigenvalue weighted by Gasteiger charge is 2.12. The van der Waals surface area contributed by atoms with Crippen LogP contribution in [0.2, 0.25) is 0 Å². The van der Waals surface area contributed by atoms with Crippen molar-refractivity contribution in [2.24, 2.45) is 0 Å². The molecule has 0 saturated heterocycles. The van der Waals surface area contributed by atoms with Crippen molar-refractivity contribution < 1.29 is 9.53 Å². The van der Waals surface area contributed by atoms with Crippen LogP contribution in [0.25, 0.3) is 11.1 Å². The van der Waals surface area contributed by atoms with Gasteiger partial charge in [0, 0.05) is 19.2 Å². The van der Waals surface area contributed by atoms with Crippen molar-refractivity contribution >= 4 is 18.1 Å². The Balaban J connectivity index is 1.44. The standard InChI is InChI=1S/C21H18N2O2S/c24-20(18-2-1-10-22-21(18)26)23-13-14-3-5-15(6-4-14)16-7-8-19-17(12-16)9-11-25-19/h1-8,10,12H,9,11,13H2,(H,22,26)(H,23,24). The topological polar surface area (TPSA) is 54.1 Å². The number of carbonyl (C=O) groups is 1. The normalized spacial score (nSPS) is 12.3. The lowest BCUT2D eigenvalue weighted by atomic mass is 10.0. The van der Waals surface area contributed by atoms with Crippen LogP contribution in [-0.2, 0) is 13.0 Å². The number of H-pyrrole nitrogens is 1. The van der Waals surface area contributed by atoms with Gasteiger partial charge in [-0.05, 0) is 46.5 Å². The molecular weight excluding hydrogens is 344 g/mol. The van der Waals surface area contributed by atoms with Gasteiger partial charge in [-0.25, -0.2) is 0 Å². The highest BCUT2D eigenvalue weighted by molar-refractivity contribution is 7.71. The Morgan fingerprint density at radius 1 is 1.12 bits per heavy atom. The molecule has 26 heavy (non-hydrogen) atoms. The molecule has 2 aromatic carbocycles. The van der Waals surface area contributed by atoms with Gasteiger partial charge in [-0.15, -0.1) is 0 Å². The van der Waals surface area contributed by atoms with Gasteiger partial charge in [-0.2, -0.15) is 0 Å². The zero-order valence-corrected chi connectivity index (χ0v) is 14.9. The number of hydrogen-bond donors (Lipinski definition) is 2. The van der Waals surface area contributed by atoms with Gasteiger partial charge in [0.25, 0.3) is 5.91 Å². The molecule has 4 rings (SSSR count). The van der Waals surface area contributed by atoms with Gasteiger partial charge in [0.1, 0.15) is 10.4 Å². The SMILES string of the molecule is O=C(NCc1ccc(-c2ccc3c(c2)CCO3)cc1)c1ccc[nH]c1=S. The minimum absolute atomic E-state index is 0.172. The number of nitrogens with one attached hydrogen (secondary N) is 2. The summed E-state index contributed by atoms with van der Waals surface area (Å²) in [6.07, 6.45) is 2.68. The molecule has 0 fully saturated rings. The van der Waals surface area contributed by atoms with E-state index in [4.69, 9.17) is 17.0 Å². The van der Waals surface area contributed by atoms with E-state index in [9.17, 15) is 4.79 Å². The lowest BCUT2D eigenvalue weighted by molar-refractivity contribution is 0.0950. The van der Waals surface area contributed by atoms with E-state index in [1.807, 2.05) is 18.2 Å². The summed E-state index contributed by atoms with van der Waals surface area (Å²) in [5.41, 5.74) is 5.12. The lowest BCUT2D eigenvalue weighted by Gasteiger charge is -2.08. The van der Waals surface area contributed by atoms with Gasteiger partial charge >= 0.3 is 0 Å². The van der Waals surface area contributed by atoms with Crippen molar-refractivity contribution in [1.82, 2.24) is 10.3 Å². The van der Waals surface area contributed by atoms with Crippen LogP contribution in [0, 0.1) is 4.64 Å². The number of fused-ring (bicyclic) bond motifs is 1. The van der Waals surface area contributed by atoms with Crippen LogP contribution in [-0.4, -0.2) is 17.5 Å². The molecule has 0 unspecified atom stereocenters. The number of ether oxygens (including phenoxy) is 1. The fraction of sp³-hybridized carbons (Fsp3) is 0.143. The molecule has 1 aliphatic rings. The van der Waals surface area contributed by atoms with E-state index in [1.54, 1.807) is 18.3 Å². The Morgan fingerprint density at radius 3 is 2.73 bits per heavy atom. The highest BCUT2D eigenvalue weighted by atomic mass is 32.1. The quantitative estimate of drug-likeness (QED) is 0.681. The maximum absolute atomic E-state index is 12.2. The smallest absolute Gasteiger partial charge is 0.254 e. The number of benzene rings is 2. The van der Waals surface area contributed by atoms with Crippen molar-refractivity contribution in [1.29, 1.82) is 0 Å². The number of pyridine rings is 1. The van der Waals surface area contributed by atoms with Gasteiger partial charge in [-0.1, -0.05) is 42.5 Å². The second-order valence-corrected chi connectivity index (χ2v) is 6.62. The monoisotopic (exact) mass is 362 g/mol. The number of rotatable bonds is 4. The van der Waals surface area contributed by atoms with Gasteiger partial charge in [0.15, 0.2) is 0 Å². The number of carbonyl (C=O) groups excluding carboxylic acids is 1. The van der Waals surface area contributed by atoms with E-state index >= 15 is 0 Å². The minimum Gasteiger partial charge on any atom is -0.493 e. The second kappa shape index (κ2) is 7.14. The van der Waals surface area contributed by atoms with Gasteiger partial charge in [0.2, 0.25) is 0 Å². The molecule has 3 aromatic rings. The van der Waals surface area contributed by atoms with Crippen LogP contribution in [0.5, 0.6) is 5.75 Å². The van der Waals surface area contributed by atoms with E-state index in [0.29, 0.717) is 16.7 Å². The molecule has 1 amide bonds. The van der Waals surface area contributed by atoms with E-state index in [0.717, 1.165) is 29.9 Å². The largest absolute Gasteiger partial charge is 0.493 e. The van der Waals surface area contributed by atoms with Crippen molar-refractivity contribution in [3.05, 3.63) is 82.1 Å². The van der Waals surface area contributed by atoms with Crippen LogP contribution in [0.3, 0.4) is 0 Å². The molecule has 0 bridgehead atoms. The van der Waals surface area contributed by atoms with Gasteiger partial charge < -0.3 is 15.0 Å². The Bertz CT molecular complexity index is 1010. The first-order valence-electron chi connectivity index (χ1n) is 8.52. The first-order valence-corrected chi connectivity index (χ1v) is 8.92. The molecule has 0 radical (unpaired) electrons. The Hall–Kier alpha value is -2.92. The second-order valence-electron chi connectivity index (χ2n) is 6.21. The molecule has 0 aliphatic carbocycles. The first kappa shape index (κ1) is 16.5. The van der Waals surface area contributed by atoms with E-state index in [2.05, 4.69) is 34.6 Å². The third-order valence-electron chi connectivity index (χ3n) is 4.49. The van der Waals surface area contributed by atoms with Crippen LogP contribution < -0.4 is 10.1 Å². The van der Waals surface area contributed by atoms with Crippen molar-refractivity contribution in [3.63, 3.8) is 0 Å². The van der Waals surface area contributed by atoms with Crippen LogP contribution in [0.15, 0.2) is 60.8 Å². The zero-order valence-electron chi connectivity index (χ0n) is 14.1. The summed E-state index contributed by atoms with van der Waals surface area (Å²) in [5, 5.41) is 2.91. The molecule has 130 valence electrons. The summed E-state index contributed by atoms with van der Waals surface area (Å²) in [4.78, 5) is 15.1. The summed E-state index contributed by atoms with van der Waals surface area (Å²) >= 11 is 5.14. The predicted molar refractivity (Wildman–Crippen MR) is 104 cm³/mol. The number of aromatic nitrogens is 1. The maximum atomic E-state index is 12.2. The van der Waals surface area contributed by atoms with Crippen molar-refractivity contribution in [2.75, 3.05) is 6.61 Å². The average Bonchev–Trinajstić information content (AvgIpc) is 3.15. The Kier molecular flexibility index (Phi) is 4.54. The summed E-state index contributed by atoms with van der Waals surface area (Å²) in [6, 6.07) is 18.0. The Labute approximate surface area is 156 Å². The molecular formula is C21H18N2O2S. The lowest BCUT2D eigenvalue weighted by Crippen LogP contribution is -2.23. The molecule has 4 nitrogen and oxygen atoms in total. The zero-order chi connectivity index (χ0) is 17.9. The molecule has 0 saturated carbocycles. The molecule has 0 atom stereocenters. The molecule has 0 spiro atoms. The molecule has 1 aromatic heterocycles. The number of hydrogen-bond acceptors (Lipinski definition) is 3. The molecule has 2 N–H and O–H groups in total. The molecule has 1 aliphatic heterocycles. The van der Waals surface area contributed by atoms with Crippen molar-refractivity contribution in [3.8, 4) is 16.9 Å². The highest BCUT2D eigenvalue weighted by Crippen LogP contribution is 2.30. The van der Waals surface area contributed by atoms with Crippen molar-refractivity contribution in [2.45, 2.75) is 13.0 Å². The summed E-state index contributed by atoms with van der Waals surface area (Å²) in [6.45, 7) is 1.23. The van der Waals surface area contributed by atoms with Gasteiger partial charge in [-0.3, -0.25) is 4.79 Å². The van der Waals surface area contributed by atoms with Crippen LogP contribution in [0.1, 0.15) is 21.5 Å². The molecule has 2 heterocycles. The van der Waals surface area contributed by atoms with Gasteiger partial charge in [0.05, 0.1) is 12.2 Å². The fourth-order valence-electron chi connectivity index (χ4n) is 3.06. The van der Waals surface area contributed by atoms with Crippen LogP contribution in [0.4, 0.5) is 0 Å². The molecule has 5 heteroatoms. The predicted octanol–water partition coefficient (Wildman–Crippen LogP) is 4.28. The number of aromatic amines is 1. The van der Waals surface area contributed by atoms with Crippen LogP contribution >= 0.6 is 12.2 Å². The Morgan fingerprint density at radius 2 is 1.92 bits per heavy atom. The third kappa shape index (κ3) is 3.39. The summed E-state index contributed by atoms with van der Waals surface area (Å²) in [5.74, 6) is 0.821. The first-order chi connectivity index (χ1) is 12.7. The van der Waals surface area contributed by atoms with E-state index < -0.39 is 0 Å². The van der Waals surface area contributed by atoms with E-state index in [-0.39, 0.29) is 5.91 Å². The van der Waals surface area contributed by atoms with E-state index in [1.165, 1.54) is 11.1 Å². The fourth-order valence-corrected chi connectivity index (χ4v) is 3.29. The average molecular weight is 362 g/mol.